The minimum atomic E-state index is 0.155. The molecule has 0 heterocycles. The summed E-state index contributed by atoms with van der Waals surface area (Å²) in [5, 5.41) is 9.49. The predicted octanol–water partition coefficient (Wildman–Crippen LogP) is 2.33. The molecular formula is C6H5ClOS. The Morgan fingerprint density at radius 2 is 2.11 bits per heavy atom. The molecule has 0 saturated heterocycles. The van der Waals surface area contributed by atoms with Gasteiger partial charge in [-0.3, -0.25) is 0 Å². The van der Waals surface area contributed by atoms with Crippen molar-refractivity contribution in [3.63, 3.8) is 0 Å². The molecule has 3 heteroatoms. The van der Waals surface area contributed by atoms with E-state index in [1.54, 1.807) is 12.1 Å². The summed E-state index contributed by atoms with van der Waals surface area (Å²) in [5.74, 6) is 0.155. The molecule has 1 rings (SSSR count). The highest BCUT2D eigenvalue weighted by atomic mass is 35.5. The monoisotopic (exact) mass is 160 g/mol. The number of rotatable bonds is 0. The standard InChI is InChI=1S/C6H5ClOS/c7-4-1-2-5(8)6(9)3-4/h1-3,8-9H. The maximum atomic E-state index is 8.91. The fourth-order valence-corrected chi connectivity index (χ4v) is 0.958. The van der Waals surface area contributed by atoms with Crippen LogP contribution in [0.1, 0.15) is 0 Å². The summed E-state index contributed by atoms with van der Waals surface area (Å²) in [5.41, 5.74) is 0. The van der Waals surface area contributed by atoms with E-state index < -0.39 is 0 Å². The van der Waals surface area contributed by atoms with E-state index in [9.17, 15) is 0 Å². The Hall–Kier alpha value is -0.340. The Bertz CT molecular complexity index is 224. The topological polar surface area (TPSA) is 20.2 Å². The molecule has 1 aromatic carbocycles. The van der Waals surface area contributed by atoms with Gasteiger partial charge in [-0.2, -0.15) is 0 Å². The van der Waals surface area contributed by atoms with Gasteiger partial charge in [0.05, 0.1) is 0 Å². The molecule has 0 aliphatic heterocycles. The zero-order chi connectivity index (χ0) is 6.85. The predicted molar refractivity (Wildman–Crippen MR) is 40.4 cm³/mol. The highest BCUT2D eigenvalue weighted by molar-refractivity contribution is 7.80. The second kappa shape index (κ2) is 2.50. The molecular weight excluding hydrogens is 156 g/mol. The smallest absolute Gasteiger partial charge is 0.128 e. The second-order valence-corrected chi connectivity index (χ2v) is 2.55. The van der Waals surface area contributed by atoms with Crippen LogP contribution < -0.4 is 0 Å². The molecule has 0 saturated carbocycles. The van der Waals surface area contributed by atoms with Gasteiger partial charge in [0.25, 0.3) is 0 Å². The van der Waals surface area contributed by atoms with E-state index in [-0.39, 0.29) is 5.75 Å². The van der Waals surface area contributed by atoms with E-state index >= 15 is 0 Å². The van der Waals surface area contributed by atoms with Crippen LogP contribution in [0, 0.1) is 0 Å². The first-order valence-corrected chi connectivity index (χ1v) is 3.20. The normalized spacial score (nSPS) is 9.56. The van der Waals surface area contributed by atoms with Gasteiger partial charge >= 0.3 is 0 Å². The highest BCUT2D eigenvalue weighted by Gasteiger charge is 1.94. The van der Waals surface area contributed by atoms with Crippen LogP contribution in [0.3, 0.4) is 0 Å². The van der Waals surface area contributed by atoms with Crippen molar-refractivity contribution in [1.82, 2.24) is 0 Å². The van der Waals surface area contributed by atoms with Crippen molar-refractivity contribution in [2.45, 2.75) is 4.90 Å². The Morgan fingerprint density at radius 1 is 1.44 bits per heavy atom. The summed E-state index contributed by atoms with van der Waals surface area (Å²) < 4.78 is 0. The van der Waals surface area contributed by atoms with Gasteiger partial charge in [0.2, 0.25) is 0 Å². The van der Waals surface area contributed by atoms with Gasteiger partial charge < -0.3 is 5.11 Å². The quantitative estimate of drug-likeness (QED) is 0.559. The van der Waals surface area contributed by atoms with Crippen molar-refractivity contribution in [3.8, 4) is 5.75 Å². The molecule has 0 bridgehead atoms. The van der Waals surface area contributed by atoms with Crippen LogP contribution in [0.5, 0.6) is 5.75 Å². The van der Waals surface area contributed by atoms with Crippen molar-refractivity contribution in [3.05, 3.63) is 23.2 Å². The number of hydrogen-bond acceptors (Lipinski definition) is 2. The van der Waals surface area contributed by atoms with Crippen molar-refractivity contribution < 1.29 is 5.11 Å². The van der Waals surface area contributed by atoms with Crippen molar-refractivity contribution in [2.75, 3.05) is 0 Å². The average molecular weight is 161 g/mol. The van der Waals surface area contributed by atoms with E-state index in [0.29, 0.717) is 9.92 Å². The fourth-order valence-electron chi connectivity index (χ4n) is 0.497. The first-order chi connectivity index (χ1) is 4.20. The Kier molecular flexibility index (Phi) is 1.88. The lowest BCUT2D eigenvalue weighted by atomic mass is 10.3. The summed E-state index contributed by atoms with van der Waals surface area (Å²) in [7, 11) is 0. The number of hydrogen-bond donors (Lipinski definition) is 2. The van der Waals surface area contributed by atoms with Gasteiger partial charge in [-0.15, -0.1) is 12.6 Å². The minimum Gasteiger partial charge on any atom is -0.507 e. The first kappa shape index (κ1) is 6.78. The third kappa shape index (κ3) is 1.53. The molecule has 0 fully saturated rings. The summed E-state index contributed by atoms with van der Waals surface area (Å²) in [4.78, 5) is 0.502. The van der Waals surface area contributed by atoms with Gasteiger partial charge in [0, 0.05) is 9.92 Å². The summed E-state index contributed by atoms with van der Waals surface area (Å²) >= 11 is 9.49. The van der Waals surface area contributed by atoms with Crippen LogP contribution >= 0.6 is 24.2 Å². The average Bonchev–Trinajstić information content (AvgIpc) is 1.80. The Labute approximate surface area is 63.7 Å². The molecule has 1 nitrogen and oxygen atoms in total. The van der Waals surface area contributed by atoms with Crippen molar-refractivity contribution in [1.29, 1.82) is 0 Å². The molecule has 0 amide bonds. The molecule has 0 spiro atoms. The molecule has 0 aliphatic carbocycles. The number of benzene rings is 1. The van der Waals surface area contributed by atoms with Crippen LogP contribution in [-0.2, 0) is 0 Å². The highest BCUT2D eigenvalue weighted by Crippen LogP contribution is 2.23. The molecule has 0 unspecified atom stereocenters. The van der Waals surface area contributed by atoms with E-state index in [1.165, 1.54) is 6.07 Å². The van der Waals surface area contributed by atoms with E-state index in [0.717, 1.165) is 0 Å². The lowest BCUT2D eigenvalue weighted by Gasteiger charge is -1.94. The molecule has 0 atom stereocenters. The first-order valence-electron chi connectivity index (χ1n) is 2.37. The Morgan fingerprint density at radius 3 is 2.56 bits per heavy atom. The molecule has 48 valence electrons. The largest absolute Gasteiger partial charge is 0.507 e. The zero-order valence-corrected chi connectivity index (χ0v) is 6.15. The van der Waals surface area contributed by atoms with Gasteiger partial charge in [0.15, 0.2) is 0 Å². The minimum absolute atomic E-state index is 0.155. The second-order valence-electron chi connectivity index (χ2n) is 1.63. The number of phenolic OH excluding ortho intramolecular Hbond substituents is 1. The lowest BCUT2D eigenvalue weighted by Crippen LogP contribution is -1.67. The van der Waals surface area contributed by atoms with Gasteiger partial charge in [-0.1, -0.05) is 11.6 Å². The van der Waals surface area contributed by atoms with E-state index in [1.807, 2.05) is 0 Å². The molecule has 1 N–H and O–H groups in total. The van der Waals surface area contributed by atoms with Crippen molar-refractivity contribution in [2.24, 2.45) is 0 Å². The SMILES string of the molecule is Oc1ccc(Cl)cc1S. The van der Waals surface area contributed by atoms with Gasteiger partial charge in [-0.05, 0) is 18.2 Å². The summed E-state index contributed by atoms with van der Waals surface area (Å²) in [6.07, 6.45) is 0. The number of halogens is 1. The molecule has 1 aromatic rings. The lowest BCUT2D eigenvalue weighted by molar-refractivity contribution is 0.463. The van der Waals surface area contributed by atoms with Crippen molar-refractivity contribution >= 4 is 24.2 Å². The molecule has 9 heavy (non-hydrogen) atoms. The number of phenols is 1. The fraction of sp³-hybridized carbons (Fsp3) is 0. The van der Waals surface area contributed by atoms with Crippen LogP contribution in [-0.4, -0.2) is 5.11 Å². The van der Waals surface area contributed by atoms with Gasteiger partial charge in [-0.25, -0.2) is 0 Å². The number of aromatic hydroxyl groups is 1. The third-order valence-corrected chi connectivity index (χ3v) is 1.53. The van der Waals surface area contributed by atoms with E-state index in [4.69, 9.17) is 16.7 Å². The van der Waals surface area contributed by atoms with Gasteiger partial charge in [0.1, 0.15) is 5.75 Å². The molecule has 0 radical (unpaired) electrons. The summed E-state index contributed by atoms with van der Waals surface area (Å²) in [6.45, 7) is 0. The van der Waals surface area contributed by atoms with Crippen LogP contribution in [0.2, 0.25) is 5.02 Å². The maximum absolute atomic E-state index is 8.91. The van der Waals surface area contributed by atoms with Crippen LogP contribution in [0.4, 0.5) is 0 Å². The maximum Gasteiger partial charge on any atom is 0.128 e. The van der Waals surface area contributed by atoms with E-state index in [2.05, 4.69) is 12.6 Å². The number of thiol groups is 1. The molecule has 0 aromatic heterocycles. The summed E-state index contributed by atoms with van der Waals surface area (Å²) in [6, 6.07) is 4.70. The zero-order valence-electron chi connectivity index (χ0n) is 4.50. The van der Waals surface area contributed by atoms with Crippen LogP contribution in [0.15, 0.2) is 23.1 Å². The third-order valence-electron chi connectivity index (χ3n) is 0.937. The Balaban J connectivity index is 3.17. The molecule has 0 aliphatic rings. The van der Waals surface area contributed by atoms with Crippen LogP contribution in [0.25, 0.3) is 0 Å².